The zero-order valence-electron chi connectivity index (χ0n) is 19.4. The molecule has 0 N–H and O–H groups in total. The zero-order chi connectivity index (χ0) is 22.1. The van der Waals surface area contributed by atoms with Gasteiger partial charge in [0, 0.05) is 54.8 Å². The number of piperazine rings is 1. The average molecular weight is 480 g/mol. The fourth-order valence-corrected chi connectivity index (χ4v) is 5.17. The highest BCUT2D eigenvalue weighted by atomic mass is 79.9. The zero-order valence-corrected chi connectivity index (χ0v) is 21.0. The van der Waals surface area contributed by atoms with E-state index >= 15 is 0 Å². The van der Waals surface area contributed by atoms with Crippen molar-refractivity contribution in [3.05, 3.63) is 34.3 Å². The third-order valence-electron chi connectivity index (χ3n) is 6.55. The standard InChI is InChI=1S/C24H38BrN3O2/c1-17-15-22(11-12-28(17)23(29)30-24(4,5)6)26-13-14-27(18(2)16-26)19(3)20-7-9-21(25)10-8-20/h7-10,17-19,22H,11-16H2,1-6H3/t17-,18+,19-,22?/m0/s1. The number of benzene rings is 1. The lowest BCUT2D eigenvalue weighted by Crippen LogP contribution is -2.58. The summed E-state index contributed by atoms with van der Waals surface area (Å²) in [5.74, 6) is 0. The van der Waals surface area contributed by atoms with E-state index in [1.54, 1.807) is 0 Å². The number of hydrogen-bond donors (Lipinski definition) is 0. The first-order valence-electron chi connectivity index (χ1n) is 11.3. The van der Waals surface area contributed by atoms with Gasteiger partial charge in [0.15, 0.2) is 0 Å². The number of rotatable bonds is 3. The first-order valence-corrected chi connectivity index (χ1v) is 12.1. The number of carbonyl (C=O) groups is 1. The lowest BCUT2D eigenvalue weighted by molar-refractivity contribution is -0.0145. The number of piperidine rings is 1. The second-order valence-corrected chi connectivity index (χ2v) is 10.9. The average Bonchev–Trinajstić information content (AvgIpc) is 2.66. The van der Waals surface area contributed by atoms with Crippen LogP contribution in [0.3, 0.4) is 0 Å². The van der Waals surface area contributed by atoms with E-state index in [1.807, 2.05) is 25.7 Å². The fraction of sp³-hybridized carbons (Fsp3) is 0.708. The van der Waals surface area contributed by atoms with Crippen LogP contribution in [0, 0.1) is 0 Å². The van der Waals surface area contributed by atoms with Crippen molar-refractivity contribution in [1.82, 2.24) is 14.7 Å². The Morgan fingerprint density at radius 3 is 2.33 bits per heavy atom. The quantitative estimate of drug-likeness (QED) is 0.588. The van der Waals surface area contributed by atoms with E-state index in [4.69, 9.17) is 4.74 Å². The minimum absolute atomic E-state index is 0.171. The van der Waals surface area contributed by atoms with Crippen LogP contribution in [-0.4, -0.2) is 70.7 Å². The Morgan fingerprint density at radius 2 is 1.77 bits per heavy atom. The summed E-state index contributed by atoms with van der Waals surface area (Å²) in [6.45, 7) is 16.7. The van der Waals surface area contributed by atoms with E-state index in [-0.39, 0.29) is 12.1 Å². The topological polar surface area (TPSA) is 36.0 Å². The van der Waals surface area contributed by atoms with E-state index in [1.165, 1.54) is 5.56 Å². The molecular formula is C24H38BrN3O2. The maximum absolute atomic E-state index is 12.5. The van der Waals surface area contributed by atoms with Gasteiger partial charge in [-0.25, -0.2) is 4.79 Å². The highest BCUT2D eigenvalue weighted by molar-refractivity contribution is 9.10. The van der Waals surface area contributed by atoms with Gasteiger partial charge in [-0.1, -0.05) is 28.1 Å². The van der Waals surface area contributed by atoms with Gasteiger partial charge >= 0.3 is 6.09 Å². The molecule has 2 fully saturated rings. The first kappa shape index (κ1) is 23.6. The normalized spacial score (nSPS) is 27.7. The molecule has 2 aliphatic heterocycles. The largest absolute Gasteiger partial charge is 0.444 e. The molecule has 0 spiro atoms. The Morgan fingerprint density at radius 1 is 1.10 bits per heavy atom. The Balaban J connectivity index is 1.54. The third-order valence-corrected chi connectivity index (χ3v) is 7.08. The number of halogens is 1. The predicted octanol–water partition coefficient (Wildman–Crippen LogP) is 5.30. The highest BCUT2D eigenvalue weighted by Crippen LogP contribution is 2.30. The molecule has 0 aliphatic carbocycles. The molecule has 0 radical (unpaired) electrons. The van der Waals surface area contributed by atoms with Gasteiger partial charge in [0.05, 0.1) is 0 Å². The van der Waals surface area contributed by atoms with Crippen molar-refractivity contribution >= 4 is 22.0 Å². The second kappa shape index (κ2) is 9.58. The van der Waals surface area contributed by atoms with Crippen molar-refractivity contribution in [2.75, 3.05) is 26.2 Å². The Bertz CT molecular complexity index is 718. The summed E-state index contributed by atoms with van der Waals surface area (Å²) < 4.78 is 6.73. The summed E-state index contributed by atoms with van der Waals surface area (Å²) in [5, 5.41) is 0. The van der Waals surface area contributed by atoms with Gasteiger partial charge in [-0.2, -0.15) is 0 Å². The summed E-state index contributed by atoms with van der Waals surface area (Å²) in [6, 6.07) is 10.4. The van der Waals surface area contributed by atoms with Crippen molar-refractivity contribution in [2.45, 2.75) is 84.2 Å². The summed E-state index contributed by atoms with van der Waals surface area (Å²) in [6.07, 6.45) is 1.88. The Hall–Kier alpha value is -1.11. The first-order chi connectivity index (χ1) is 14.0. The molecule has 3 rings (SSSR count). The van der Waals surface area contributed by atoms with Crippen molar-refractivity contribution in [3.8, 4) is 0 Å². The molecule has 1 aromatic rings. The number of amides is 1. The number of hydrogen-bond acceptors (Lipinski definition) is 4. The van der Waals surface area contributed by atoms with Crippen LogP contribution in [0.25, 0.3) is 0 Å². The number of nitrogens with zero attached hydrogens (tertiary/aromatic N) is 3. The van der Waals surface area contributed by atoms with Crippen LogP contribution >= 0.6 is 15.9 Å². The van der Waals surface area contributed by atoms with Gasteiger partial charge in [-0.3, -0.25) is 9.80 Å². The Labute approximate surface area is 190 Å². The van der Waals surface area contributed by atoms with Crippen LogP contribution in [0.4, 0.5) is 4.79 Å². The molecule has 2 heterocycles. The molecule has 30 heavy (non-hydrogen) atoms. The lowest BCUT2D eigenvalue weighted by Gasteiger charge is -2.48. The van der Waals surface area contributed by atoms with Gasteiger partial charge in [0.1, 0.15) is 5.60 Å². The monoisotopic (exact) mass is 479 g/mol. The summed E-state index contributed by atoms with van der Waals surface area (Å²) in [4.78, 5) is 19.7. The molecule has 6 heteroatoms. The van der Waals surface area contributed by atoms with Gasteiger partial charge in [0.25, 0.3) is 0 Å². The van der Waals surface area contributed by atoms with Gasteiger partial charge in [-0.15, -0.1) is 0 Å². The van der Waals surface area contributed by atoms with Gasteiger partial charge in [-0.05, 0) is 72.1 Å². The molecule has 2 aliphatic rings. The van der Waals surface area contributed by atoms with Crippen LogP contribution in [-0.2, 0) is 4.74 Å². The van der Waals surface area contributed by atoms with E-state index in [9.17, 15) is 4.79 Å². The molecule has 1 unspecified atom stereocenters. The van der Waals surface area contributed by atoms with Crippen LogP contribution < -0.4 is 0 Å². The SMILES string of the molecule is C[C@@H]1CN(C2CCN(C(=O)OC(C)(C)C)[C@@H](C)C2)CCN1[C@@H](C)c1ccc(Br)cc1. The predicted molar refractivity (Wildman–Crippen MR) is 126 cm³/mol. The molecule has 0 saturated carbocycles. The number of carbonyl (C=O) groups excluding carboxylic acids is 1. The molecule has 1 aromatic carbocycles. The van der Waals surface area contributed by atoms with Crippen molar-refractivity contribution in [3.63, 3.8) is 0 Å². The third kappa shape index (κ3) is 5.77. The highest BCUT2D eigenvalue weighted by Gasteiger charge is 2.37. The van der Waals surface area contributed by atoms with Crippen LogP contribution in [0.5, 0.6) is 0 Å². The van der Waals surface area contributed by atoms with Crippen LogP contribution in [0.1, 0.15) is 66.0 Å². The van der Waals surface area contributed by atoms with E-state index in [2.05, 4.69) is 70.8 Å². The summed E-state index contributed by atoms with van der Waals surface area (Å²) in [5.41, 5.74) is 0.933. The molecular weight excluding hydrogens is 442 g/mol. The molecule has 2 saturated heterocycles. The van der Waals surface area contributed by atoms with E-state index < -0.39 is 5.60 Å². The fourth-order valence-electron chi connectivity index (χ4n) is 4.91. The second-order valence-electron chi connectivity index (χ2n) is 10.0. The van der Waals surface area contributed by atoms with E-state index in [0.29, 0.717) is 18.1 Å². The van der Waals surface area contributed by atoms with Gasteiger partial charge < -0.3 is 9.64 Å². The van der Waals surface area contributed by atoms with Crippen LogP contribution in [0.15, 0.2) is 28.7 Å². The molecule has 5 nitrogen and oxygen atoms in total. The van der Waals surface area contributed by atoms with Crippen molar-refractivity contribution in [2.24, 2.45) is 0 Å². The van der Waals surface area contributed by atoms with Crippen molar-refractivity contribution < 1.29 is 9.53 Å². The maximum Gasteiger partial charge on any atom is 0.410 e. The van der Waals surface area contributed by atoms with Crippen molar-refractivity contribution in [1.29, 1.82) is 0 Å². The van der Waals surface area contributed by atoms with Gasteiger partial charge in [0.2, 0.25) is 0 Å². The molecule has 0 aromatic heterocycles. The minimum atomic E-state index is -0.440. The van der Waals surface area contributed by atoms with Crippen LogP contribution in [0.2, 0.25) is 0 Å². The lowest BCUT2D eigenvalue weighted by atomic mass is 9.95. The number of ether oxygens (including phenoxy) is 1. The molecule has 168 valence electrons. The molecule has 4 atom stereocenters. The smallest absolute Gasteiger partial charge is 0.410 e. The Kier molecular flexibility index (Phi) is 7.52. The summed E-state index contributed by atoms with van der Waals surface area (Å²) in [7, 11) is 0. The maximum atomic E-state index is 12.5. The molecule has 0 bridgehead atoms. The minimum Gasteiger partial charge on any atom is -0.444 e. The van der Waals surface area contributed by atoms with E-state index in [0.717, 1.165) is 43.5 Å². The number of likely N-dealkylation sites (tertiary alicyclic amines) is 1. The molecule has 1 amide bonds. The summed E-state index contributed by atoms with van der Waals surface area (Å²) >= 11 is 3.53.